The molecule has 2 heterocycles. The molecule has 1 fully saturated rings. The number of nitrogens with zero attached hydrogens (tertiary/aromatic N) is 1. The predicted octanol–water partition coefficient (Wildman–Crippen LogP) is 4.86. The molecule has 1 atom stereocenters. The van der Waals surface area contributed by atoms with Crippen LogP contribution in [0.25, 0.3) is 0 Å². The molecule has 1 aromatic heterocycles. The van der Waals surface area contributed by atoms with E-state index in [1.165, 1.54) is 22.7 Å². The van der Waals surface area contributed by atoms with Crippen molar-refractivity contribution in [3.63, 3.8) is 0 Å². The van der Waals surface area contributed by atoms with Gasteiger partial charge in [0, 0.05) is 17.9 Å². The molecule has 0 aliphatic carbocycles. The van der Waals surface area contributed by atoms with E-state index in [2.05, 4.69) is 22.9 Å². The van der Waals surface area contributed by atoms with Crippen molar-refractivity contribution in [2.75, 3.05) is 29.9 Å². The van der Waals surface area contributed by atoms with Gasteiger partial charge in [0.15, 0.2) is 0 Å². The maximum atomic E-state index is 12.3. The Kier molecular flexibility index (Phi) is 8.75. The first kappa shape index (κ1) is 23.9. The summed E-state index contributed by atoms with van der Waals surface area (Å²) in [5.41, 5.74) is 1.28. The van der Waals surface area contributed by atoms with E-state index < -0.39 is 12.2 Å². The molecule has 0 radical (unpaired) electrons. The Morgan fingerprint density at radius 1 is 1.12 bits per heavy atom. The summed E-state index contributed by atoms with van der Waals surface area (Å²) < 4.78 is 5.89. The lowest BCUT2D eigenvalue weighted by atomic mass is 10.2. The number of hydrogen-bond acceptors (Lipinski definition) is 5. The lowest BCUT2D eigenvalue weighted by Crippen LogP contribution is -2.34. The normalized spacial score (nSPS) is 15.4. The number of benzene rings is 1. The second kappa shape index (κ2) is 11.7. The van der Waals surface area contributed by atoms with Crippen LogP contribution in [0.2, 0.25) is 4.34 Å². The molecule has 0 saturated carbocycles. The molecule has 3 rings (SSSR count). The summed E-state index contributed by atoms with van der Waals surface area (Å²) in [5.74, 6) is -0.254. The number of nitrogens with one attached hydrogen (secondary N) is 3. The molecule has 1 saturated heterocycles. The van der Waals surface area contributed by atoms with Crippen molar-refractivity contribution in [2.24, 2.45) is 0 Å². The summed E-state index contributed by atoms with van der Waals surface area (Å²) in [5, 5.41) is 8.37. The third-order valence-electron chi connectivity index (χ3n) is 4.91. The average molecular weight is 479 g/mol. The van der Waals surface area contributed by atoms with E-state index in [1.807, 2.05) is 0 Å². The number of rotatable bonds is 10. The Balaban J connectivity index is 1.44. The fraction of sp³-hybridized carbons (Fsp3) is 0.409. The number of halogens is 1. The minimum atomic E-state index is -0.478. The fourth-order valence-corrected chi connectivity index (χ4v) is 4.18. The smallest absolute Gasteiger partial charge is 0.414 e. The van der Waals surface area contributed by atoms with Gasteiger partial charge in [-0.2, -0.15) is 0 Å². The van der Waals surface area contributed by atoms with Crippen LogP contribution in [-0.4, -0.2) is 43.8 Å². The topological polar surface area (TPSA) is 99.8 Å². The van der Waals surface area contributed by atoms with Gasteiger partial charge in [-0.25, -0.2) is 9.59 Å². The molecule has 8 nitrogen and oxygen atoms in total. The fourth-order valence-electron chi connectivity index (χ4n) is 3.22. The Hall–Kier alpha value is -2.78. The summed E-state index contributed by atoms with van der Waals surface area (Å²) in [4.78, 5) is 38.4. The van der Waals surface area contributed by atoms with Gasteiger partial charge in [0.05, 0.1) is 22.3 Å². The Bertz CT molecular complexity index is 934. The highest BCUT2D eigenvalue weighted by Gasteiger charge is 2.32. The number of hydrogen-bond donors (Lipinski definition) is 3. The molecule has 172 valence electrons. The maximum absolute atomic E-state index is 12.3. The molecule has 0 spiro atoms. The third-order valence-corrected chi connectivity index (χ3v) is 6.14. The highest BCUT2D eigenvalue weighted by Crippen LogP contribution is 2.24. The highest BCUT2D eigenvalue weighted by atomic mass is 35.5. The number of thiophene rings is 1. The summed E-state index contributed by atoms with van der Waals surface area (Å²) in [6.45, 7) is 3.30. The van der Waals surface area contributed by atoms with Crippen LogP contribution in [0, 0.1) is 0 Å². The lowest BCUT2D eigenvalue weighted by molar-refractivity contribution is 0.0920. The van der Waals surface area contributed by atoms with E-state index in [1.54, 1.807) is 36.4 Å². The van der Waals surface area contributed by atoms with Crippen molar-refractivity contribution in [3.05, 3.63) is 45.6 Å². The monoisotopic (exact) mass is 478 g/mol. The zero-order valence-corrected chi connectivity index (χ0v) is 19.4. The van der Waals surface area contributed by atoms with Gasteiger partial charge in [0.2, 0.25) is 0 Å². The Morgan fingerprint density at radius 2 is 1.91 bits per heavy atom. The number of carbonyl (C=O) groups is 3. The van der Waals surface area contributed by atoms with Crippen LogP contribution in [0.3, 0.4) is 0 Å². The van der Waals surface area contributed by atoms with Gasteiger partial charge < -0.3 is 20.7 Å². The molecule has 1 aliphatic rings. The standard InChI is InChI=1S/C22H27ClN4O4S/c1-2-3-4-5-12-24-21(29)26-15-6-8-16(9-7-15)27-14-17(31-22(27)30)13-25-20(28)18-10-11-19(23)32-18/h6-11,17H,2-5,12-14H2,1H3,(H,25,28)(H2,24,26,29)/t17-/m0/s1. The predicted molar refractivity (Wildman–Crippen MR) is 127 cm³/mol. The van der Waals surface area contributed by atoms with Crippen molar-refractivity contribution in [1.82, 2.24) is 10.6 Å². The largest absolute Gasteiger partial charge is 0.442 e. The first-order valence-corrected chi connectivity index (χ1v) is 11.8. The molecule has 1 aliphatic heterocycles. The number of urea groups is 1. The zero-order chi connectivity index (χ0) is 22.9. The quantitative estimate of drug-likeness (QED) is 0.424. The number of carbonyl (C=O) groups excluding carboxylic acids is 3. The molecule has 0 bridgehead atoms. The molecule has 10 heteroatoms. The maximum Gasteiger partial charge on any atom is 0.414 e. The second-order valence-electron chi connectivity index (χ2n) is 7.42. The van der Waals surface area contributed by atoms with Crippen LogP contribution in [-0.2, 0) is 4.74 Å². The van der Waals surface area contributed by atoms with Gasteiger partial charge in [0.1, 0.15) is 6.10 Å². The summed E-state index contributed by atoms with van der Waals surface area (Å²) in [7, 11) is 0. The number of ether oxygens (including phenoxy) is 1. The molecule has 3 N–H and O–H groups in total. The number of cyclic esters (lactones) is 1. The molecular formula is C22H27ClN4O4S. The minimum absolute atomic E-state index is 0.203. The highest BCUT2D eigenvalue weighted by molar-refractivity contribution is 7.18. The minimum Gasteiger partial charge on any atom is -0.442 e. The van der Waals surface area contributed by atoms with Crippen molar-refractivity contribution >= 4 is 52.3 Å². The second-order valence-corrected chi connectivity index (χ2v) is 9.13. The molecule has 4 amide bonds. The van der Waals surface area contributed by atoms with Crippen LogP contribution < -0.4 is 20.9 Å². The van der Waals surface area contributed by atoms with Gasteiger partial charge in [-0.15, -0.1) is 11.3 Å². The van der Waals surface area contributed by atoms with Crippen LogP contribution >= 0.6 is 22.9 Å². The van der Waals surface area contributed by atoms with Gasteiger partial charge in [-0.1, -0.05) is 37.8 Å². The van der Waals surface area contributed by atoms with Gasteiger partial charge >= 0.3 is 12.1 Å². The summed E-state index contributed by atoms with van der Waals surface area (Å²) in [6, 6.07) is 10.0. The van der Waals surface area contributed by atoms with Gasteiger partial charge in [-0.05, 0) is 42.8 Å². The van der Waals surface area contributed by atoms with E-state index in [0.717, 1.165) is 19.3 Å². The van der Waals surface area contributed by atoms with Gasteiger partial charge in [0.25, 0.3) is 5.91 Å². The van der Waals surface area contributed by atoms with E-state index in [0.29, 0.717) is 33.7 Å². The van der Waals surface area contributed by atoms with Crippen LogP contribution in [0.1, 0.15) is 42.3 Å². The molecule has 0 unspecified atom stereocenters. The van der Waals surface area contributed by atoms with Gasteiger partial charge in [-0.3, -0.25) is 9.69 Å². The van der Waals surface area contributed by atoms with E-state index in [4.69, 9.17) is 16.3 Å². The Labute approximate surface area is 196 Å². The van der Waals surface area contributed by atoms with E-state index in [-0.39, 0.29) is 18.5 Å². The lowest BCUT2D eigenvalue weighted by Gasteiger charge is -2.14. The first-order valence-electron chi connectivity index (χ1n) is 10.6. The zero-order valence-electron chi connectivity index (χ0n) is 17.9. The number of unbranched alkanes of at least 4 members (excludes halogenated alkanes) is 3. The van der Waals surface area contributed by atoms with Crippen LogP contribution in [0.5, 0.6) is 0 Å². The van der Waals surface area contributed by atoms with Crippen molar-refractivity contribution in [1.29, 1.82) is 0 Å². The number of amides is 4. The van der Waals surface area contributed by atoms with Crippen molar-refractivity contribution < 1.29 is 19.1 Å². The molecular weight excluding hydrogens is 452 g/mol. The van der Waals surface area contributed by atoms with Crippen molar-refractivity contribution in [2.45, 2.75) is 38.7 Å². The summed E-state index contributed by atoms with van der Waals surface area (Å²) >= 11 is 7.04. The SMILES string of the molecule is CCCCCCNC(=O)Nc1ccc(N2C[C@H](CNC(=O)c3ccc(Cl)s3)OC2=O)cc1. The van der Waals surface area contributed by atoms with Crippen LogP contribution in [0.15, 0.2) is 36.4 Å². The van der Waals surface area contributed by atoms with E-state index in [9.17, 15) is 14.4 Å². The number of anilines is 2. The average Bonchev–Trinajstić information content (AvgIpc) is 3.38. The molecule has 2 aromatic rings. The Morgan fingerprint density at radius 3 is 2.59 bits per heavy atom. The summed E-state index contributed by atoms with van der Waals surface area (Å²) in [6.07, 6.45) is 3.44. The third kappa shape index (κ3) is 6.86. The molecule has 1 aromatic carbocycles. The van der Waals surface area contributed by atoms with Crippen LogP contribution in [0.4, 0.5) is 21.0 Å². The van der Waals surface area contributed by atoms with E-state index >= 15 is 0 Å². The first-order chi connectivity index (χ1) is 15.5. The van der Waals surface area contributed by atoms with Crippen molar-refractivity contribution in [3.8, 4) is 0 Å². The molecule has 32 heavy (non-hydrogen) atoms.